The molecule has 0 radical (unpaired) electrons. The number of halogens is 1. The fourth-order valence-electron chi connectivity index (χ4n) is 1.95. The minimum atomic E-state index is 0.244. The first-order chi connectivity index (χ1) is 8.74. The van der Waals surface area contributed by atoms with Gasteiger partial charge < -0.3 is 5.73 Å². The van der Waals surface area contributed by atoms with E-state index in [-0.39, 0.29) is 5.28 Å². The fraction of sp³-hybridized carbons (Fsp3) is 0. The number of hydrogen-bond donors (Lipinski definition) is 1. The van der Waals surface area contributed by atoms with Crippen molar-refractivity contribution in [2.24, 2.45) is 0 Å². The highest BCUT2D eigenvalue weighted by Gasteiger charge is 2.04. The van der Waals surface area contributed by atoms with Crippen LogP contribution < -0.4 is 5.73 Å². The van der Waals surface area contributed by atoms with Crippen LogP contribution >= 0.6 is 11.6 Å². The molecule has 0 saturated heterocycles. The summed E-state index contributed by atoms with van der Waals surface area (Å²) in [6.45, 7) is 0. The molecular formula is C14H10ClN3. The van der Waals surface area contributed by atoms with Gasteiger partial charge in [-0.2, -0.15) is 0 Å². The summed E-state index contributed by atoms with van der Waals surface area (Å²) in [7, 11) is 0. The summed E-state index contributed by atoms with van der Waals surface area (Å²) in [6.07, 6.45) is 1.64. The second kappa shape index (κ2) is 4.27. The second-order valence-corrected chi connectivity index (χ2v) is 4.33. The number of nitrogens with two attached hydrogens (primary N) is 1. The summed E-state index contributed by atoms with van der Waals surface area (Å²) in [6, 6.07) is 13.7. The van der Waals surface area contributed by atoms with E-state index in [1.54, 1.807) is 6.20 Å². The molecule has 0 aliphatic heterocycles. The highest BCUT2D eigenvalue weighted by molar-refractivity contribution is 6.28. The molecule has 2 N–H and O–H groups in total. The molecule has 3 aromatic rings. The second-order valence-electron chi connectivity index (χ2n) is 3.99. The Balaban J connectivity index is 2.22. The topological polar surface area (TPSA) is 51.8 Å². The molecule has 0 saturated carbocycles. The first-order valence-electron chi connectivity index (χ1n) is 5.51. The molecule has 0 aliphatic rings. The van der Waals surface area contributed by atoms with Gasteiger partial charge in [0.2, 0.25) is 5.28 Å². The summed E-state index contributed by atoms with van der Waals surface area (Å²) >= 11 is 5.80. The van der Waals surface area contributed by atoms with Gasteiger partial charge in [0.15, 0.2) is 0 Å². The Morgan fingerprint density at radius 2 is 1.94 bits per heavy atom. The lowest BCUT2D eigenvalue weighted by Gasteiger charge is -2.05. The Bertz CT molecular complexity index is 725. The van der Waals surface area contributed by atoms with Crippen molar-refractivity contribution in [2.45, 2.75) is 0 Å². The van der Waals surface area contributed by atoms with E-state index in [1.807, 2.05) is 42.5 Å². The molecule has 0 unspecified atom stereocenters. The molecule has 3 rings (SSSR count). The first kappa shape index (κ1) is 11.0. The predicted octanol–water partition coefficient (Wildman–Crippen LogP) is 3.53. The van der Waals surface area contributed by atoms with Gasteiger partial charge in [-0.3, -0.25) is 0 Å². The van der Waals surface area contributed by atoms with Crippen LogP contribution in [-0.4, -0.2) is 9.97 Å². The van der Waals surface area contributed by atoms with Gasteiger partial charge in [-0.1, -0.05) is 24.3 Å². The third-order valence-corrected chi connectivity index (χ3v) is 3.02. The predicted molar refractivity (Wildman–Crippen MR) is 74.4 cm³/mol. The zero-order valence-corrected chi connectivity index (χ0v) is 10.2. The molecule has 0 aliphatic carbocycles. The highest BCUT2D eigenvalue weighted by atomic mass is 35.5. The normalized spacial score (nSPS) is 10.7. The molecule has 18 heavy (non-hydrogen) atoms. The molecular weight excluding hydrogens is 246 g/mol. The van der Waals surface area contributed by atoms with Gasteiger partial charge in [0, 0.05) is 22.8 Å². The first-order valence-corrected chi connectivity index (χ1v) is 5.89. The maximum atomic E-state index is 5.97. The standard InChI is InChI=1S/C14H10ClN3/c15-14-17-7-6-13(18-14)10-5-4-9-2-1-3-12(16)11(9)8-10/h1-8H,16H2. The molecule has 0 spiro atoms. The number of rotatable bonds is 1. The lowest BCUT2D eigenvalue weighted by atomic mass is 10.0. The molecule has 1 heterocycles. The van der Waals surface area contributed by atoms with Gasteiger partial charge in [0.25, 0.3) is 0 Å². The van der Waals surface area contributed by atoms with Crippen LogP contribution in [0.1, 0.15) is 0 Å². The fourth-order valence-corrected chi connectivity index (χ4v) is 2.10. The number of anilines is 1. The van der Waals surface area contributed by atoms with E-state index in [2.05, 4.69) is 9.97 Å². The Hall–Kier alpha value is -2.13. The zero-order valence-electron chi connectivity index (χ0n) is 9.47. The maximum Gasteiger partial charge on any atom is 0.222 e. The van der Waals surface area contributed by atoms with E-state index in [4.69, 9.17) is 17.3 Å². The van der Waals surface area contributed by atoms with Gasteiger partial charge in [0.1, 0.15) is 0 Å². The number of aromatic nitrogens is 2. The number of benzene rings is 2. The van der Waals surface area contributed by atoms with E-state index >= 15 is 0 Å². The third-order valence-electron chi connectivity index (χ3n) is 2.84. The molecule has 88 valence electrons. The van der Waals surface area contributed by atoms with Crippen molar-refractivity contribution in [3.05, 3.63) is 53.9 Å². The largest absolute Gasteiger partial charge is 0.398 e. The number of hydrogen-bond acceptors (Lipinski definition) is 3. The van der Waals surface area contributed by atoms with Crippen molar-refractivity contribution in [1.29, 1.82) is 0 Å². The summed E-state index contributed by atoms with van der Waals surface area (Å²) in [5, 5.41) is 2.37. The number of nitrogen functional groups attached to an aromatic ring is 1. The summed E-state index contributed by atoms with van der Waals surface area (Å²) in [5.74, 6) is 0. The monoisotopic (exact) mass is 255 g/mol. The summed E-state index contributed by atoms with van der Waals surface area (Å²) < 4.78 is 0. The van der Waals surface area contributed by atoms with Gasteiger partial charge in [-0.25, -0.2) is 9.97 Å². The Morgan fingerprint density at radius 1 is 1.06 bits per heavy atom. The van der Waals surface area contributed by atoms with Gasteiger partial charge in [-0.15, -0.1) is 0 Å². The van der Waals surface area contributed by atoms with Crippen LogP contribution in [-0.2, 0) is 0 Å². The van der Waals surface area contributed by atoms with Crippen LogP contribution in [0.5, 0.6) is 0 Å². The zero-order chi connectivity index (χ0) is 12.5. The maximum absolute atomic E-state index is 5.97. The van der Waals surface area contributed by atoms with Crippen LogP contribution in [0, 0.1) is 0 Å². The third kappa shape index (κ3) is 1.89. The lowest BCUT2D eigenvalue weighted by molar-refractivity contribution is 1.17. The average molecular weight is 256 g/mol. The molecule has 3 nitrogen and oxygen atoms in total. The van der Waals surface area contributed by atoms with Crippen molar-refractivity contribution in [3.63, 3.8) is 0 Å². The van der Waals surface area contributed by atoms with Crippen LogP contribution in [0.15, 0.2) is 48.7 Å². The van der Waals surface area contributed by atoms with Crippen LogP contribution in [0.25, 0.3) is 22.0 Å². The van der Waals surface area contributed by atoms with Crippen molar-refractivity contribution < 1.29 is 0 Å². The number of nitrogens with zero attached hydrogens (tertiary/aromatic N) is 2. The highest BCUT2D eigenvalue weighted by Crippen LogP contribution is 2.26. The average Bonchev–Trinajstić information content (AvgIpc) is 2.39. The SMILES string of the molecule is Nc1cccc2ccc(-c3ccnc(Cl)n3)cc12. The Kier molecular flexibility index (Phi) is 2.61. The van der Waals surface area contributed by atoms with Crippen molar-refractivity contribution >= 4 is 28.1 Å². The quantitative estimate of drug-likeness (QED) is 0.535. The molecule has 4 heteroatoms. The smallest absolute Gasteiger partial charge is 0.222 e. The van der Waals surface area contributed by atoms with Crippen molar-refractivity contribution in [3.8, 4) is 11.3 Å². The number of fused-ring (bicyclic) bond motifs is 1. The lowest BCUT2D eigenvalue weighted by Crippen LogP contribution is -1.89. The summed E-state index contributed by atoms with van der Waals surface area (Å²) in [5.41, 5.74) is 8.50. The van der Waals surface area contributed by atoms with Crippen molar-refractivity contribution in [1.82, 2.24) is 9.97 Å². The van der Waals surface area contributed by atoms with Gasteiger partial charge in [0.05, 0.1) is 5.69 Å². The minimum Gasteiger partial charge on any atom is -0.398 e. The summed E-state index contributed by atoms with van der Waals surface area (Å²) in [4.78, 5) is 8.07. The van der Waals surface area contributed by atoms with E-state index in [0.717, 1.165) is 27.7 Å². The Labute approximate surface area is 109 Å². The molecule has 0 bridgehead atoms. The van der Waals surface area contributed by atoms with Crippen LogP contribution in [0.3, 0.4) is 0 Å². The van der Waals surface area contributed by atoms with Crippen LogP contribution in [0.2, 0.25) is 5.28 Å². The molecule has 0 amide bonds. The molecule has 2 aromatic carbocycles. The Morgan fingerprint density at radius 3 is 2.78 bits per heavy atom. The van der Waals surface area contributed by atoms with E-state index in [1.165, 1.54) is 0 Å². The van der Waals surface area contributed by atoms with Crippen LogP contribution in [0.4, 0.5) is 5.69 Å². The van der Waals surface area contributed by atoms with E-state index in [0.29, 0.717) is 0 Å². The molecule has 0 fully saturated rings. The van der Waals surface area contributed by atoms with Gasteiger partial charge in [-0.05, 0) is 35.2 Å². The van der Waals surface area contributed by atoms with E-state index < -0.39 is 0 Å². The van der Waals surface area contributed by atoms with E-state index in [9.17, 15) is 0 Å². The molecule has 0 atom stereocenters. The minimum absolute atomic E-state index is 0.244. The van der Waals surface area contributed by atoms with Gasteiger partial charge >= 0.3 is 0 Å². The van der Waals surface area contributed by atoms with Crippen molar-refractivity contribution in [2.75, 3.05) is 5.73 Å². The molecule has 1 aromatic heterocycles.